The van der Waals surface area contributed by atoms with Crippen molar-refractivity contribution in [1.82, 2.24) is 10.6 Å². The number of urea groups is 1. The second-order valence-corrected chi connectivity index (χ2v) is 6.16. The highest BCUT2D eigenvalue weighted by molar-refractivity contribution is 6.68. The molecule has 2 amide bonds. The van der Waals surface area contributed by atoms with Crippen LogP contribution in [0, 0.1) is 0 Å². The number of aliphatic hydroxyl groups is 1. The van der Waals surface area contributed by atoms with E-state index in [4.69, 9.17) is 34.8 Å². The molecule has 0 aliphatic heterocycles. The molecule has 1 atom stereocenters. The quantitative estimate of drug-likeness (QED) is 0.499. The Kier molecular flexibility index (Phi) is 4.78. The highest BCUT2D eigenvalue weighted by Gasteiger charge is 2.32. The summed E-state index contributed by atoms with van der Waals surface area (Å²) in [4.78, 5) is 11.2. The monoisotopic (exact) mass is 262 g/mol. The van der Waals surface area contributed by atoms with Gasteiger partial charge in [-0.2, -0.15) is 0 Å². The molecule has 0 aliphatic rings. The van der Waals surface area contributed by atoms with Crippen LogP contribution >= 0.6 is 34.8 Å². The molecule has 0 aromatic rings. The first-order valence-corrected chi connectivity index (χ1v) is 4.99. The lowest BCUT2D eigenvalue weighted by Gasteiger charge is -2.24. The summed E-state index contributed by atoms with van der Waals surface area (Å²) in [6.45, 7) is 5.36. The molecule has 0 heterocycles. The van der Waals surface area contributed by atoms with Crippen LogP contribution in [-0.4, -0.2) is 26.7 Å². The van der Waals surface area contributed by atoms with E-state index in [1.807, 2.05) is 0 Å². The Bertz CT molecular complexity index is 210. The van der Waals surface area contributed by atoms with Crippen LogP contribution < -0.4 is 10.6 Å². The van der Waals surface area contributed by atoms with Gasteiger partial charge in [-0.15, -0.1) is 0 Å². The third-order valence-corrected chi connectivity index (χ3v) is 1.69. The molecule has 0 saturated carbocycles. The Labute approximate surface area is 97.9 Å². The maximum atomic E-state index is 11.2. The van der Waals surface area contributed by atoms with E-state index in [2.05, 4.69) is 10.6 Å². The molecule has 84 valence electrons. The van der Waals surface area contributed by atoms with Gasteiger partial charge in [0.1, 0.15) is 0 Å². The van der Waals surface area contributed by atoms with Crippen LogP contribution in [0.4, 0.5) is 4.79 Å². The van der Waals surface area contributed by atoms with Gasteiger partial charge in [-0.1, -0.05) is 34.8 Å². The third-order valence-electron chi connectivity index (χ3n) is 1.07. The number of rotatable bonds is 1. The van der Waals surface area contributed by atoms with Crippen LogP contribution in [0.1, 0.15) is 20.8 Å². The lowest BCUT2D eigenvalue weighted by molar-refractivity contribution is 0.141. The summed E-state index contributed by atoms with van der Waals surface area (Å²) >= 11 is 16.0. The molecule has 7 heteroatoms. The largest absolute Gasteiger partial charge is 0.369 e. The zero-order chi connectivity index (χ0) is 11.6. The minimum Gasteiger partial charge on any atom is -0.369 e. The molecule has 0 aromatic carbocycles. The SMILES string of the molecule is CC(C)(C)NC(=O)N[C@@H](O)C(Cl)(Cl)Cl. The van der Waals surface area contributed by atoms with Crippen molar-refractivity contribution in [2.24, 2.45) is 0 Å². The lowest BCUT2D eigenvalue weighted by atomic mass is 10.1. The maximum Gasteiger partial charge on any atom is 0.317 e. The topological polar surface area (TPSA) is 61.4 Å². The first-order valence-electron chi connectivity index (χ1n) is 3.86. The number of amides is 2. The predicted octanol–water partition coefficient (Wildman–Crippen LogP) is 1.77. The van der Waals surface area contributed by atoms with E-state index in [1.165, 1.54) is 0 Å². The minimum absolute atomic E-state index is 0.419. The lowest BCUT2D eigenvalue weighted by Crippen LogP contribution is -2.52. The third kappa shape index (κ3) is 6.54. The van der Waals surface area contributed by atoms with E-state index in [0.717, 1.165) is 0 Å². The maximum absolute atomic E-state index is 11.2. The first kappa shape index (κ1) is 14.1. The molecule has 0 aliphatic carbocycles. The molecule has 0 radical (unpaired) electrons. The zero-order valence-corrected chi connectivity index (χ0v) is 10.3. The van der Waals surface area contributed by atoms with Crippen molar-refractivity contribution in [1.29, 1.82) is 0 Å². The van der Waals surface area contributed by atoms with Crippen LogP contribution in [0.2, 0.25) is 0 Å². The fourth-order valence-corrected chi connectivity index (χ4v) is 0.746. The van der Waals surface area contributed by atoms with Crippen molar-refractivity contribution in [3.8, 4) is 0 Å². The molecule has 0 spiro atoms. The van der Waals surface area contributed by atoms with Crippen molar-refractivity contribution in [3.05, 3.63) is 0 Å². The van der Waals surface area contributed by atoms with Gasteiger partial charge in [-0.05, 0) is 20.8 Å². The molecular formula is C7H13Cl3N2O2. The number of carbonyl (C=O) groups excluding carboxylic acids is 1. The second-order valence-electron chi connectivity index (χ2n) is 3.79. The number of hydrogen-bond donors (Lipinski definition) is 3. The number of carbonyl (C=O) groups is 1. The average molecular weight is 264 g/mol. The summed E-state index contributed by atoms with van der Waals surface area (Å²) in [7, 11) is 0. The second kappa shape index (κ2) is 4.75. The smallest absolute Gasteiger partial charge is 0.317 e. The Morgan fingerprint density at radius 1 is 1.29 bits per heavy atom. The number of alkyl halides is 3. The number of halogens is 3. The van der Waals surface area contributed by atoms with Crippen molar-refractivity contribution < 1.29 is 9.90 Å². The van der Waals surface area contributed by atoms with Gasteiger partial charge in [0.15, 0.2) is 6.23 Å². The van der Waals surface area contributed by atoms with Crippen LogP contribution in [0.3, 0.4) is 0 Å². The average Bonchev–Trinajstić information content (AvgIpc) is 1.79. The highest BCUT2D eigenvalue weighted by Crippen LogP contribution is 2.28. The summed E-state index contributed by atoms with van der Waals surface area (Å²) in [5.41, 5.74) is -0.419. The van der Waals surface area contributed by atoms with E-state index in [9.17, 15) is 9.90 Å². The molecule has 3 N–H and O–H groups in total. The molecule has 0 saturated heterocycles. The van der Waals surface area contributed by atoms with Gasteiger partial charge in [-0.25, -0.2) is 4.79 Å². The van der Waals surface area contributed by atoms with Gasteiger partial charge >= 0.3 is 6.03 Å². The first-order chi connectivity index (χ1) is 6.02. The van der Waals surface area contributed by atoms with Gasteiger partial charge in [0.2, 0.25) is 3.79 Å². The Hall–Kier alpha value is 0.1000. The summed E-state index contributed by atoms with van der Waals surface area (Å²) in [6.07, 6.45) is -1.55. The van der Waals surface area contributed by atoms with E-state index in [-0.39, 0.29) is 0 Å². The van der Waals surface area contributed by atoms with Crippen LogP contribution in [0.15, 0.2) is 0 Å². The van der Waals surface area contributed by atoms with Gasteiger partial charge in [0.05, 0.1) is 0 Å². The summed E-state index contributed by atoms with van der Waals surface area (Å²) < 4.78 is -1.94. The number of aliphatic hydroxyl groups excluding tert-OH is 1. The minimum atomic E-state index is -1.94. The van der Waals surface area contributed by atoms with Crippen molar-refractivity contribution in [3.63, 3.8) is 0 Å². The molecule has 0 unspecified atom stereocenters. The molecule has 0 bridgehead atoms. The highest BCUT2D eigenvalue weighted by atomic mass is 35.6. The molecule has 0 fully saturated rings. The van der Waals surface area contributed by atoms with Crippen LogP contribution in [0.5, 0.6) is 0 Å². The number of hydrogen-bond acceptors (Lipinski definition) is 2. The van der Waals surface area contributed by atoms with E-state index in [0.29, 0.717) is 0 Å². The summed E-state index contributed by atoms with van der Waals surface area (Å²) in [5.74, 6) is 0. The van der Waals surface area contributed by atoms with Gasteiger partial charge < -0.3 is 15.7 Å². The zero-order valence-electron chi connectivity index (χ0n) is 8.07. The normalized spacial score (nSPS) is 14.8. The fraction of sp³-hybridized carbons (Fsp3) is 0.857. The van der Waals surface area contributed by atoms with E-state index >= 15 is 0 Å². The van der Waals surface area contributed by atoms with Crippen molar-refractivity contribution in [2.75, 3.05) is 0 Å². The fourth-order valence-electron chi connectivity index (χ4n) is 0.583. The molecule has 4 nitrogen and oxygen atoms in total. The summed E-state index contributed by atoms with van der Waals surface area (Å²) in [6, 6.07) is -0.601. The van der Waals surface area contributed by atoms with E-state index in [1.54, 1.807) is 20.8 Å². The Morgan fingerprint density at radius 2 is 1.71 bits per heavy atom. The Balaban J connectivity index is 4.09. The summed E-state index contributed by atoms with van der Waals surface area (Å²) in [5, 5.41) is 13.8. The van der Waals surface area contributed by atoms with Gasteiger partial charge in [0, 0.05) is 5.54 Å². The molecule has 14 heavy (non-hydrogen) atoms. The standard InChI is InChI=1S/C7H13Cl3N2O2/c1-6(2,3)12-5(14)11-4(13)7(8,9)10/h4,13H,1-3H3,(H2,11,12,14)/t4-/m0/s1. The molecule has 0 rings (SSSR count). The van der Waals surface area contributed by atoms with Crippen molar-refractivity contribution >= 4 is 40.8 Å². The number of nitrogens with one attached hydrogen (secondary N) is 2. The van der Waals surface area contributed by atoms with Crippen LogP contribution in [-0.2, 0) is 0 Å². The van der Waals surface area contributed by atoms with Crippen molar-refractivity contribution in [2.45, 2.75) is 36.3 Å². The van der Waals surface area contributed by atoms with Gasteiger partial charge in [-0.3, -0.25) is 0 Å². The van der Waals surface area contributed by atoms with Crippen LogP contribution in [0.25, 0.3) is 0 Å². The molecular weight excluding hydrogens is 250 g/mol. The predicted molar refractivity (Wildman–Crippen MR) is 57.7 cm³/mol. The Morgan fingerprint density at radius 3 is 2.00 bits per heavy atom. The molecule has 0 aromatic heterocycles. The van der Waals surface area contributed by atoms with Gasteiger partial charge in [0.25, 0.3) is 0 Å². The van der Waals surface area contributed by atoms with E-state index < -0.39 is 21.6 Å².